The highest BCUT2D eigenvalue weighted by Crippen LogP contribution is 2.14. The average molecular weight is 234 g/mol. The normalized spacial score (nSPS) is 17.1. The first-order valence-electron chi connectivity index (χ1n) is 6.20. The van der Waals surface area contributed by atoms with Crippen molar-refractivity contribution in [2.75, 3.05) is 19.8 Å². The Labute approximate surface area is 98.2 Å². The largest absolute Gasteiger partial charge is 0.396 e. The number of hydrogen-bond acceptors (Lipinski definition) is 4. The molecule has 0 aliphatic carbocycles. The van der Waals surface area contributed by atoms with Crippen LogP contribution in [0.4, 0.5) is 0 Å². The van der Waals surface area contributed by atoms with Gasteiger partial charge in [0.1, 0.15) is 0 Å². The average Bonchev–Trinajstić information content (AvgIpc) is 2.30. The van der Waals surface area contributed by atoms with E-state index in [9.17, 15) is 10.2 Å². The second-order valence-corrected chi connectivity index (χ2v) is 4.24. The summed E-state index contributed by atoms with van der Waals surface area (Å²) in [4.78, 5) is 0. The van der Waals surface area contributed by atoms with Crippen molar-refractivity contribution in [1.82, 2.24) is 0 Å². The molecule has 0 aliphatic heterocycles. The highest BCUT2D eigenvalue weighted by atomic mass is 16.5. The molecule has 0 aromatic rings. The predicted octanol–water partition coefficient (Wildman–Crippen LogP) is 0.933. The first kappa shape index (κ1) is 15.8. The Bertz CT molecular complexity index is 152. The van der Waals surface area contributed by atoms with Crippen LogP contribution in [0.25, 0.3) is 0 Å². The second kappa shape index (κ2) is 10.0. The van der Waals surface area contributed by atoms with Gasteiger partial charge in [-0.25, -0.2) is 0 Å². The minimum Gasteiger partial charge on any atom is -0.396 e. The van der Waals surface area contributed by atoms with Crippen LogP contribution in [-0.2, 0) is 4.74 Å². The van der Waals surface area contributed by atoms with E-state index in [1.807, 2.05) is 6.92 Å². The molecule has 3 atom stereocenters. The Balaban J connectivity index is 3.69. The van der Waals surface area contributed by atoms with Crippen molar-refractivity contribution in [2.24, 2.45) is 5.92 Å². The summed E-state index contributed by atoms with van der Waals surface area (Å²) in [5, 5.41) is 28.3. The van der Waals surface area contributed by atoms with Gasteiger partial charge in [0.15, 0.2) is 0 Å². The molecule has 0 bridgehead atoms. The van der Waals surface area contributed by atoms with Crippen LogP contribution >= 0.6 is 0 Å². The smallest absolute Gasteiger partial charge is 0.0778 e. The lowest BCUT2D eigenvalue weighted by Gasteiger charge is -2.22. The molecule has 0 aromatic carbocycles. The van der Waals surface area contributed by atoms with Crippen LogP contribution in [0.2, 0.25) is 0 Å². The summed E-state index contributed by atoms with van der Waals surface area (Å²) in [5.41, 5.74) is 0. The summed E-state index contributed by atoms with van der Waals surface area (Å²) in [6.45, 7) is 4.79. The summed E-state index contributed by atoms with van der Waals surface area (Å²) >= 11 is 0. The van der Waals surface area contributed by atoms with Gasteiger partial charge in [0, 0.05) is 19.1 Å². The third-order valence-corrected chi connectivity index (χ3v) is 2.72. The summed E-state index contributed by atoms with van der Waals surface area (Å²) in [7, 11) is 0. The molecule has 0 rings (SSSR count). The molecule has 0 saturated carbocycles. The van der Waals surface area contributed by atoms with E-state index in [0.717, 1.165) is 12.8 Å². The van der Waals surface area contributed by atoms with Crippen molar-refractivity contribution in [1.29, 1.82) is 0 Å². The van der Waals surface area contributed by atoms with Gasteiger partial charge in [0.05, 0.1) is 18.8 Å². The number of ether oxygens (including phenoxy) is 1. The van der Waals surface area contributed by atoms with Gasteiger partial charge in [-0.15, -0.1) is 0 Å². The summed E-state index contributed by atoms with van der Waals surface area (Å²) in [5.74, 6) is -0.255. The Hall–Kier alpha value is -0.160. The van der Waals surface area contributed by atoms with Crippen LogP contribution < -0.4 is 0 Å². The number of aliphatic hydroxyl groups excluding tert-OH is 3. The topological polar surface area (TPSA) is 69.9 Å². The first-order valence-corrected chi connectivity index (χ1v) is 6.20. The molecule has 0 heterocycles. The quantitative estimate of drug-likeness (QED) is 0.492. The molecule has 0 saturated heterocycles. The van der Waals surface area contributed by atoms with Crippen molar-refractivity contribution in [3.63, 3.8) is 0 Å². The van der Waals surface area contributed by atoms with E-state index in [0.29, 0.717) is 19.4 Å². The van der Waals surface area contributed by atoms with Crippen LogP contribution in [0.3, 0.4) is 0 Å². The first-order chi connectivity index (χ1) is 7.65. The van der Waals surface area contributed by atoms with Crippen molar-refractivity contribution >= 4 is 0 Å². The van der Waals surface area contributed by atoms with Gasteiger partial charge in [0.25, 0.3) is 0 Å². The standard InChI is InChI=1S/C12H26O4/c1-3-5-6-16-9-11(14)7-10(8-13)12(15)4-2/h10-15H,3-9H2,1-2H3. The van der Waals surface area contributed by atoms with E-state index in [1.54, 1.807) is 0 Å². The Kier molecular flexibility index (Phi) is 9.92. The van der Waals surface area contributed by atoms with E-state index in [2.05, 4.69) is 6.92 Å². The molecule has 0 radical (unpaired) electrons. The predicted molar refractivity (Wildman–Crippen MR) is 63.2 cm³/mol. The van der Waals surface area contributed by atoms with Crippen LogP contribution in [0.5, 0.6) is 0 Å². The minimum atomic E-state index is -0.602. The van der Waals surface area contributed by atoms with Gasteiger partial charge < -0.3 is 20.1 Å². The Morgan fingerprint density at radius 2 is 1.88 bits per heavy atom. The lowest BCUT2D eigenvalue weighted by atomic mass is 9.95. The lowest BCUT2D eigenvalue weighted by Crippen LogP contribution is -2.29. The van der Waals surface area contributed by atoms with Crippen LogP contribution in [0.1, 0.15) is 39.5 Å². The van der Waals surface area contributed by atoms with Crippen molar-refractivity contribution < 1.29 is 20.1 Å². The highest BCUT2D eigenvalue weighted by Gasteiger charge is 2.20. The van der Waals surface area contributed by atoms with Gasteiger partial charge >= 0.3 is 0 Å². The number of aliphatic hydroxyl groups is 3. The third kappa shape index (κ3) is 7.17. The molecule has 4 heteroatoms. The van der Waals surface area contributed by atoms with E-state index in [-0.39, 0.29) is 19.1 Å². The van der Waals surface area contributed by atoms with Gasteiger partial charge in [-0.1, -0.05) is 20.3 Å². The van der Waals surface area contributed by atoms with Crippen LogP contribution in [0, 0.1) is 5.92 Å². The van der Waals surface area contributed by atoms with Gasteiger partial charge in [-0.3, -0.25) is 0 Å². The third-order valence-electron chi connectivity index (χ3n) is 2.72. The molecule has 0 amide bonds. The summed E-state index contributed by atoms with van der Waals surface area (Å²) in [6, 6.07) is 0. The molecule has 98 valence electrons. The van der Waals surface area contributed by atoms with Gasteiger partial charge in [-0.2, -0.15) is 0 Å². The molecule has 0 aliphatic rings. The molecule has 3 unspecified atom stereocenters. The molecule has 4 nitrogen and oxygen atoms in total. The molecular weight excluding hydrogens is 208 g/mol. The molecule has 0 aromatic heterocycles. The number of unbranched alkanes of at least 4 members (excludes halogenated alkanes) is 1. The fourth-order valence-corrected chi connectivity index (χ4v) is 1.57. The summed E-state index contributed by atoms with van der Waals surface area (Å²) < 4.78 is 5.28. The fraction of sp³-hybridized carbons (Fsp3) is 1.00. The van der Waals surface area contributed by atoms with Crippen LogP contribution in [0.15, 0.2) is 0 Å². The maximum absolute atomic E-state index is 9.65. The zero-order valence-electron chi connectivity index (χ0n) is 10.4. The summed E-state index contributed by atoms with van der Waals surface area (Å²) in [6.07, 6.45) is 1.90. The maximum atomic E-state index is 9.65. The molecule has 0 fully saturated rings. The highest BCUT2D eigenvalue weighted by molar-refractivity contribution is 4.70. The minimum absolute atomic E-state index is 0.0962. The van der Waals surface area contributed by atoms with E-state index in [1.165, 1.54) is 0 Å². The number of rotatable bonds is 10. The van der Waals surface area contributed by atoms with E-state index in [4.69, 9.17) is 9.84 Å². The molecule has 16 heavy (non-hydrogen) atoms. The van der Waals surface area contributed by atoms with Crippen LogP contribution in [-0.4, -0.2) is 47.3 Å². The van der Waals surface area contributed by atoms with Crippen molar-refractivity contribution in [2.45, 2.75) is 51.7 Å². The zero-order valence-corrected chi connectivity index (χ0v) is 10.4. The van der Waals surface area contributed by atoms with Gasteiger partial charge in [0.2, 0.25) is 0 Å². The lowest BCUT2D eigenvalue weighted by molar-refractivity contribution is -0.00941. The SMILES string of the molecule is CCCCOCC(O)CC(CO)C(O)CC. The maximum Gasteiger partial charge on any atom is 0.0778 e. The van der Waals surface area contributed by atoms with Crippen molar-refractivity contribution in [3.8, 4) is 0 Å². The molecular formula is C12H26O4. The second-order valence-electron chi connectivity index (χ2n) is 4.24. The Morgan fingerprint density at radius 3 is 2.38 bits per heavy atom. The Morgan fingerprint density at radius 1 is 1.19 bits per heavy atom. The van der Waals surface area contributed by atoms with E-state index < -0.39 is 12.2 Å². The van der Waals surface area contributed by atoms with Gasteiger partial charge in [-0.05, 0) is 19.3 Å². The zero-order chi connectivity index (χ0) is 12.4. The molecule has 0 spiro atoms. The molecule has 3 N–H and O–H groups in total. The fourth-order valence-electron chi connectivity index (χ4n) is 1.57. The van der Waals surface area contributed by atoms with E-state index >= 15 is 0 Å². The van der Waals surface area contributed by atoms with Crippen molar-refractivity contribution in [3.05, 3.63) is 0 Å². The monoisotopic (exact) mass is 234 g/mol. The number of hydrogen-bond donors (Lipinski definition) is 3.